The maximum absolute atomic E-state index is 12.2. The van der Waals surface area contributed by atoms with E-state index in [9.17, 15) is 14.4 Å². The SMILES string of the molecule is Cl.Cl.Cl.NCCCCC(N)C(=O)NC(Cc1cnc[nH]1)C(=O)NCC(N)=O. The molecule has 0 radical (unpaired) electrons. The van der Waals surface area contributed by atoms with E-state index in [2.05, 4.69) is 20.6 Å². The molecule has 13 heteroatoms. The van der Waals surface area contributed by atoms with Crippen molar-refractivity contribution in [1.29, 1.82) is 0 Å². The molecule has 10 nitrogen and oxygen atoms in total. The number of nitrogens with one attached hydrogen (secondary N) is 3. The van der Waals surface area contributed by atoms with E-state index in [0.29, 0.717) is 18.7 Å². The third kappa shape index (κ3) is 12.4. The van der Waals surface area contributed by atoms with Crippen molar-refractivity contribution in [3.63, 3.8) is 0 Å². The highest BCUT2D eigenvalue weighted by Crippen LogP contribution is 2.02. The number of rotatable bonds is 11. The molecule has 158 valence electrons. The summed E-state index contributed by atoms with van der Waals surface area (Å²) < 4.78 is 0. The molecule has 0 aliphatic carbocycles. The van der Waals surface area contributed by atoms with E-state index in [0.717, 1.165) is 12.8 Å². The fourth-order valence-electron chi connectivity index (χ4n) is 2.04. The monoisotopic (exact) mass is 447 g/mol. The molecule has 0 fully saturated rings. The molecule has 0 saturated carbocycles. The van der Waals surface area contributed by atoms with Gasteiger partial charge >= 0.3 is 0 Å². The lowest BCUT2D eigenvalue weighted by molar-refractivity contribution is -0.130. The molecular formula is C14H28Cl3N7O3. The van der Waals surface area contributed by atoms with Crippen molar-refractivity contribution in [3.05, 3.63) is 18.2 Å². The van der Waals surface area contributed by atoms with Gasteiger partial charge < -0.3 is 32.8 Å². The Bertz CT molecular complexity index is 546. The van der Waals surface area contributed by atoms with E-state index in [-0.39, 0.29) is 50.2 Å². The van der Waals surface area contributed by atoms with Gasteiger partial charge in [0.15, 0.2) is 0 Å². The lowest BCUT2D eigenvalue weighted by Crippen LogP contribution is -2.53. The summed E-state index contributed by atoms with van der Waals surface area (Å²) in [7, 11) is 0. The molecular weight excluding hydrogens is 421 g/mol. The number of imidazole rings is 1. The summed E-state index contributed by atoms with van der Waals surface area (Å²) in [5.74, 6) is -1.63. The second-order valence-electron chi connectivity index (χ2n) is 5.42. The van der Waals surface area contributed by atoms with E-state index in [1.165, 1.54) is 6.33 Å². The van der Waals surface area contributed by atoms with Gasteiger partial charge in [-0.1, -0.05) is 6.42 Å². The third-order valence-electron chi connectivity index (χ3n) is 3.35. The number of aromatic nitrogens is 2. The predicted molar refractivity (Wildman–Crippen MR) is 109 cm³/mol. The fraction of sp³-hybridized carbons (Fsp3) is 0.571. The summed E-state index contributed by atoms with van der Waals surface area (Å²) in [5.41, 5.74) is 16.9. The number of amides is 3. The Balaban J connectivity index is -0.00000192. The maximum atomic E-state index is 12.2. The van der Waals surface area contributed by atoms with Gasteiger partial charge in [-0.05, 0) is 19.4 Å². The number of carbonyl (C=O) groups is 3. The van der Waals surface area contributed by atoms with Crippen LogP contribution in [0.2, 0.25) is 0 Å². The molecule has 3 amide bonds. The molecule has 27 heavy (non-hydrogen) atoms. The van der Waals surface area contributed by atoms with Gasteiger partial charge in [-0.15, -0.1) is 37.2 Å². The Hall–Kier alpha value is -1.59. The molecule has 2 unspecified atom stereocenters. The molecule has 2 atom stereocenters. The third-order valence-corrected chi connectivity index (χ3v) is 3.35. The predicted octanol–water partition coefficient (Wildman–Crippen LogP) is -1.24. The molecule has 0 saturated heterocycles. The van der Waals surface area contributed by atoms with Crippen molar-refractivity contribution in [1.82, 2.24) is 20.6 Å². The largest absolute Gasteiger partial charge is 0.368 e. The zero-order chi connectivity index (χ0) is 17.9. The first-order valence-electron chi connectivity index (χ1n) is 7.73. The molecule has 1 aromatic rings. The van der Waals surface area contributed by atoms with E-state index in [1.807, 2.05) is 0 Å². The van der Waals surface area contributed by atoms with Crippen LogP contribution in [0, 0.1) is 0 Å². The number of nitrogens with two attached hydrogens (primary N) is 3. The first-order valence-corrected chi connectivity index (χ1v) is 7.73. The second-order valence-corrected chi connectivity index (χ2v) is 5.42. The van der Waals surface area contributed by atoms with Gasteiger partial charge in [-0.3, -0.25) is 14.4 Å². The van der Waals surface area contributed by atoms with Crippen molar-refractivity contribution in [2.45, 2.75) is 37.8 Å². The highest BCUT2D eigenvalue weighted by molar-refractivity contribution is 5.91. The topological polar surface area (TPSA) is 182 Å². The highest BCUT2D eigenvalue weighted by Gasteiger charge is 2.24. The molecule has 0 spiro atoms. The van der Waals surface area contributed by atoms with Crippen LogP contribution in [0.4, 0.5) is 0 Å². The summed E-state index contributed by atoms with van der Waals surface area (Å²) in [6.45, 7) is 0.225. The fourth-order valence-corrected chi connectivity index (χ4v) is 2.04. The lowest BCUT2D eigenvalue weighted by atomic mass is 10.1. The van der Waals surface area contributed by atoms with Gasteiger partial charge in [0.2, 0.25) is 17.7 Å². The Morgan fingerprint density at radius 1 is 1.15 bits per heavy atom. The van der Waals surface area contributed by atoms with Crippen LogP contribution in [0.25, 0.3) is 0 Å². The van der Waals surface area contributed by atoms with Gasteiger partial charge in [0.05, 0.1) is 18.9 Å². The van der Waals surface area contributed by atoms with Crippen molar-refractivity contribution in [2.75, 3.05) is 13.1 Å². The maximum Gasteiger partial charge on any atom is 0.243 e. The lowest BCUT2D eigenvalue weighted by Gasteiger charge is -2.20. The van der Waals surface area contributed by atoms with Crippen molar-refractivity contribution < 1.29 is 14.4 Å². The zero-order valence-corrected chi connectivity index (χ0v) is 17.1. The van der Waals surface area contributed by atoms with E-state index in [4.69, 9.17) is 17.2 Å². The van der Waals surface area contributed by atoms with Crippen LogP contribution in [-0.4, -0.2) is 52.9 Å². The number of hydrogen-bond donors (Lipinski definition) is 6. The summed E-state index contributed by atoms with van der Waals surface area (Å²) in [5, 5.41) is 4.97. The first-order chi connectivity index (χ1) is 11.4. The van der Waals surface area contributed by atoms with Gasteiger partial charge in [0, 0.05) is 18.3 Å². The Kier molecular flexibility index (Phi) is 18.5. The Labute approximate surface area is 176 Å². The number of primary amides is 1. The summed E-state index contributed by atoms with van der Waals surface area (Å²) in [4.78, 5) is 41.8. The number of halogens is 3. The molecule has 1 rings (SSSR count). The average Bonchev–Trinajstić information content (AvgIpc) is 3.05. The van der Waals surface area contributed by atoms with Crippen molar-refractivity contribution >= 4 is 54.9 Å². The van der Waals surface area contributed by atoms with Crippen molar-refractivity contribution in [2.24, 2.45) is 17.2 Å². The summed E-state index contributed by atoms with van der Waals surface area (Å²) >= 11 is 0. The normalized spacial score (nSPS) is 11.6. The molecule has 1 aromatic heterocycles. The molecule has 1 heterocycles. The van der Waals surface area contributed by atoms with Crippen LogP contribution in [0.5, 0.6) is 0 Å². The smallest absolute Gasteiger partial charge is 0.243 e. The number of hydrogen-bond acceptors (Lipinski definition) is 6. The quantitative estimate of drug-likeness (QED) is 0.230. The average molecular weight is 449 g/mol. The minimum atomic E-state index is -0.891. The van der Waals surface area contributed by atoms with Gasteiger partial charge in [-0.2, -0.15) is 0 Å². The van der Waals surface area contributed by atoms with Crippen molar-refractivity contribution in [3.8, 4) is 0 Å². The minimum absolute atomic E-state index is 0. The number of nitrogens with zero attached hydrogens (tertiary/aromatic N) is 1. The van der Waals surface area contributed by atoms with Crippen LogP contribution in [0.15, 0.2) is 12.5 Å². The Morgan fingerprint density at radius 3 is 2.33 bits per heavy atom. The number of carbonyl (C=O) groups excluding carboxylic acids is 3. The number of H-pyrrole nitrogens is 1. The number of unbranched alkanes of at least 4 members (excludes halogenated alkanes) is 1. The van der Waals surface area contributed by atoms with Crippen LogP contribution in [0.1, 0.15) is 25.0 Å². The Morgan fingerprint density at radius 2 is 1.81 bits per heavy atom. The molecule has 0 aliphatic rings. The van der Waals surface area contributed by atoms with Gasteiger partial charge in [0.1, 0.15) is 6.04 Å². The molecule has 0 aliphatic heterocycles. The zero-order valence-electron chi connectivity index (χ0n) is 14.7. The summed E-state index contributed by atoms with van der Waals surface area (Å²) in [6, 6.07) is -1.62. The second kappa shape index (κ2) is 16.6. The number of aromatic amines is 1. The molecule has 0 aromatic carbocycles. The standard InChI is InChI=1S/C14H25N7O3.3ClH/c15-4-2-1-3-10(16)13(23)21-11(5-9-6-18-8-20-9)14(24)19-7-12(17)22;;;/h6,8,10-11H,1-5,7,15-16H2,(H2,17,22)(H,18,20)(H,19,24)(H,21,23);3*1H. The van der Waals surface area contributed by atoms with E-state index in [1.54, 1.807) is 6.20 Å². The van der Waals surface area contributed by atoms with E-state index >= 15 is 0 Å². The van der Waals surface area contributed by atoms with E-state index < -0.39 is 29.8 Å². The summed E-state index contributed by atoms with van der Waals surface area (Å²) in [6.07, 6.45) is 5.17. The van der Waals surface area contributed by atoms with Gasteiger partial charge in [0.25, 0.3) is 0 Å². The van der Waals surface area contributed by atoms with Crippen LogP contribution >= 0.6 is 37.2 Å². The highest BCUT2D eigenvalue weighted by atomic mass is 35.5. The molecule has 0 bridgehead atoms. The van der Waals surface area contributed by atoms with Gasteiger partial charge in [-0.25, -0.2) is 4.98 Å². The van der Waals surface area contributed by atoms with Crippen LogP contribution in [-0.2, 0) is 20.8 Å². The first kappa shape index (κ1) is 30.1. The minimum Gasteiger partial charge on any atom is -0.368 e. The van der Waals surface area contributed by atoms with Crippen LogP contribution < -0.4 is 27.8 Å². The van der Waals surface area contributed by atoms with Crippen LogP contribution in [0.3, 0.4) is 0 Å². The molecule has 9 N–H and O–H groups in total.